The van der Waals surface area contributed by atoms with Gasteiger partial charge in [0.05, 0.1) is 23.2 Å². The fraction of sp³-hybridized carbons (Fsp3) is 0.600. The third-order valence-electron chi connectivity index (χ3n) is 4.73. The van der Waals surface area contributed by atoms with Crippen LogP contribution in [-0.4, -0.2) is 31.1 Å². The van der Waals surface area contributed by atoms with Gasteiger partial charge in [-0.15, -0.1) is 0 Å². The number of sulfone groups is 1. The number of aliphatic hydroxyl groups is 1. The van der Waals surface area contributed by atoms with Gasteiger partial charge in [-0.3, -0.25) is 0 Å². The van der Waals surface area contributed by atoms with Gasteiger partial charge < -0.3 is 9.84 Å². The molecule has 2 aliphatic heterocycles. The zero-order valence-corrected chi connectivity index (χ0v) is 12.6. The Morgan fingerprint density at radius 2 is 1.85 bits per heavy atom. The number of ether oxygens (including phenoxy) is 1. The van der Waals surface area contributed by atoms with Gasteiger partial charge in [0.25, 0.3) is 0 Å². The highest BCUT2D eigenvalue weighted by atomic mass is 32.2. The first-order valence-electron chi connectivity index (χ1n) is 6.97. The van der Waals surface area contributed by atoms with Gasteiger partial charge in [0, 0.05) is 5.56 Å². The minimum absolute atomic E-state index is 0.283. The Kier molecular flexibility index (Phi) is 3.10. The van der Waals surface area contributed by atoms with E-state index < -0.39 is 25.9 Å². The fourth-order valence-corrected chi connectivity index (χ4v) is 6.14. The normalized spacial score (nSPS) is 35.0. The number of hydrogen-bond acceptors (Lipinski definition) is 4. The van der Waals surface area contributed by atoms with E-state index in [2.05, 4.69) is 0 Å². The lowest BCUT2D eigenvalue weighted by molar-refractivity contribution is 0.0151. The first-order valence-corrected chi connectivity index (χ1v) is 8.58. The highest BCUT2D eigenvalue weighted by Crippen LogP contribution is 2.49. The topological polar surface area (TPSA) is 63.6 Å². The maximum Gasteiger partial charge on any atom is 0.156 e. The first-order chi connectivity index (χ1) is 9.37. The van der Waals surface area contributed by atoms with E-state index in [-0.39, 0.29) is 12.8 Å². The van der Waals surface area contributed by atoms with E-state index >= 15 is 0 Å². The van der Waals surface area contributed by atoms with E-state index in [0.29, 0.717) is 18.6 Å². The predicted octanol–water partition coefficient (Wildman–Crippen LogP) is 1.93. The Morgan fingerprint density at radius 1 is 1.25 bits per heavy atom. The van der Waals surface area contributed by atoms with Crippen molar-refractivity contribution >= 4 is 9.84 Å². The van der Waals surface area contributed by atoms with Crippen molar-refractivity contribution in [2.24, 2.45) is 0 Å². The van der Waals surface area contributed by atoms with Crippen LogP contribution in [0.3, 0.4) is 0 Å². The van der Waals surface area contributed by atoms with Crippen molar-refractivity contribution < 1.29 is 18.3 Å². The minimum Gasteiger partial charge on any atom is -0.496 e. The molecule has 5 heteroatoms. The van der Waals surface area contributed by atoms with E-state index in [0.717, 1.165) is 11.1 Å². The highest BCUT2D eigenvalue weighted by molar-refractivity contribution is 7.93. The summed E-state index contributed by atoms with van der Waals surface area (Å²) in [5, 5.41) is 10.2. The van der Waals surface area contributed by atoms with Crippen molar-refractivity contribution in [3.05, 3.63) is 29.3 Å². The van der Waals surface area contributed by atoms with Crippen molar-refractivity contribution in [2.75, 3.05) is 7.11 Å². The van der Waals surface area contributed by atoms with Crippen molar-refractivity contribution in [3.63, 3.8) is 0 Å². The van der Waals surface area contributed by atoms with Crippen LogP contribution in [0.1, 0.15) is 36.8 Å². The van der Waals surface area contributed by atoms with Crippen LogP contribution < -0.4 is 4.74 Å². The second-order valence-electron chi connectivity index (χ2n) is 6.05. The zero-order chi connectivity index (χ0) is 14.5. The second-order valence-corrected chi connectivity index (χ2v) is 8.57. The van der Waals surface area contributed by atoms with Gasteiger partial charge in [0.2, 0.25) is 0 Å². The van der Waals surface area contributed by atoms with E-state index in [4.69, 9.17) is 4.74 Å². The zero-order valence-electron chi connectivity index (χ0n) is 11.8. The summed E-state index contributed by atoms with van der Waals surface area (Å²) in [4.78, 5) is 0. The SMILES string of the molecule is COc1cc(C)ccc1C1(O)CC2CCC(C1)S2(=O)=O. The van der Waals surface area contributed by atoms with Crippen LogP contribution in [0.4, 0.5) is 0 Å². The summed E-state index contributed by atoms with van der Waals surface area (Å²) in [5.41, 5.74) is 0.689. The number of fused-ring (bicyclic) bond motifs is 2. The van der Waals surface area contributed by atoms with Gasteiger partial charge >= 0.3 is 0 Å². The third kappa shape index (κ3) is 1.95. The Bertz CT molecular complexity index is 615. The molecule has 20 heavy (non-hydrogen) atoms. The lowest BCUT2D eigenvalue weighted by Crippen LogP contribution is -2.43. The van der Waals surface area contributed by atoms with Crippen molar-refractivity contribution in [2.45, 2.75) is 48.7 Å². The fourth-order valence-electron chi connectivity index (χ4n) is 3.65. The molecule has 0 radical (unpaired) electrons. The van der Waals surface area contributed by atoms with E-state index in [9.17, 15) is 13.5 Å². The number of hydrogen-bond donors (Lipinski definition) is 1. The molecule has 2 heterocycles. The second kappa shape index (κ2) is 4.46. The molecule has 1 aromatic carbocycles. The molecule has 3 rings (SSSR count). The molecule has 0 aliphatic carbocycles. The Labute approximate surface area is 119 Å². The van der Waals surface area contributed by atoms with Crippen LogP contribution in [0, 0.1) is 6.92 Å². The molecule has 2 saturated heterocycles. The predicted molar refractivity (Wildman–Crippen MR) is 76.6 cm³/mol. The summed E-state index contributed by atoms with van der Waals surface area (Å²) in [5.74, 6) is 0.645. The molecule has 2 bridgehead atoms. The summed E-state index contributed by atoms with van der Waals surface area (Å²) in [7, 11) is -1.46. The molecular weight excluding hydrogens is 276 g/mol. The highest BCUT2D eigenvalue weighted by Gasteiger charge is 2.53. The van der Waals surface area contributed by atoms with Crippen LogP contribution in [0.15, 0.2) is 18.2 Å². The molecule has 0 spiro atoms. The van der Waals surface area contributed by atoms with Crippen LogP contribution in [0.2, 0.25) is 0 Å². The summed E-state index contributed by atoms with van der Waals surface area (Å²) < 4.78 is 29.7. The maximum atomic E-state index is 12.2. The number of rotatable bonds is 2. The molecule has 2 fully saturated rings. The molecule has 110 valence electrons. The Morgan fingerprint density at radius 3 is 2.40 bits per heavy atom. The van der Waals surface area contributed by atoms with E-state index in [1.54, 1.807) is 7.11 Å². The average molecular weight is 296 g/mol. The summed E-state index contributed by atoms with van der Waals surface area (Å²) in [6, 6.07) is 5.69. The van der Waals surface area contributed by atoms with Gasteiger partial charge in [-0.25, -0.2) is 8.42 Å². The van der Waals surface area contributed by atoms with Gasteiger partial charge in [0.15, 0.2) is 9.84 Å². The largest absolute Gasteiger partial charge is 0.496 e. The van der Waals surface area contributed by atoms with Crippen molar-refractivity contribution in [3.8, 4) is 5.75 Å². The third-order valence-corrected chi connectivity index (χ3v) is 7.39. The molecular formula is C15H20O4S. The van der Waals surface area contributed by atoms with Crippen molar-refractivity contribution in [1.82, 2.24) is 0 Å². The van der Waals surface area contributed by atoms with Crippen molar-refractivity contribution in [1.29, 1.82) is 0 Å². The molecule has 4 nitrogen and oxygen atoms in total. The molecule has 2 unspecified atom stereocenters. The molecule has 1 N–H and O–H groups in total. The average Bonchev–Trinajstić information content (AvgIpc) is 2.58. The lowest BCUT2D eigenvalue weighted by atomic mass is 9.85. The Hall–Kier alpha value is -1.07. The van der Waals surface area contributed by atoms with Gasteiger partial charge in [0.1, 0.15) is 5.75 Å². The van der Waals surface area contributed by atoms with Gasteiger partial charge in [-0.1, -0.05) is 12.1 Å². The van der Waals surface area contributed by atoms with Crippen LogP contribution in [-0.2, 0) is 15.4 Å². The molecule has 0 saturated carbocycles. The van der Waals surface area contributed by atoms with Gasteiger partial charge in [-0.05, 0) is 44.2 Å². The quantitative estimate of drug-likeness (QED) is 0.906. The maximum absolute atomic E-state index is 12.2. The van der Waals surface area contributed by atoms with Gasteiger partial charge in [-0.2, -0.15) is 0 Å². The molecule has 1 aromatic rings. The standard InChI is InChI=1S/C15H20O4S/c1-10-3-6-13(14(7-10)19-2)15(16)8-11-4-5-12(9-15)20(11,17)18/h3,6-7,11-12,16H,4-5,8-9H2,1-2H3. The lowest BCUT2D eigenvalue weighted by Gasteiger charge is -2.37. The van der Waals surface area contributed by atoms with Crippen LogP contribution in [0.25, 0.3) is 0 Å². The van der Waals surface area contributed by atoms with E-state index in [1.807, 2.05) is 25.1 Å². The molecule has 0 amide bonds. The number of benzene rings is 1. The molecule has 0 aromatic heterocycles. The van der Waals surface area contributed by atoms with E-state index in [1.165, 1.54) is 0 Å². The smallest absolute Gasteiger partial charge is 0.156 e. The monoisotopic (exact) mass is 296 g/mol. The number of methoxy groups -OCH3 is 1. The summed E-state index contributed by atoms with van der Waals surface area (Å²) >= 11 is 0. The Balaban J connectivity index is 2.03. The summed E-state index contributed by atoms with van der Waals surface area (Å²) in [6.07, 6.45) is 1.91. The molecule has 2 aliphatic rings. The summed E-state index contributed by atoms with van der Waals surface area (Å²) in [6.45, 7) is 1.96. The minimum atomic E-state index is -3.04. The first kappa shape index (κ1) is 13.9. The van der Waals surface area contributed by atoms with Crippen LogP contribution >= 0.6 is 0 Å². The number of aryl methyl sites for hydroxylation is 1. The molecule has 2 atom stereocenters. The van der Waals surface area contributed by atoms with Crippen LogP contribution in [0.5, 0.6) is 5.75 Å².